The van der Waals surface area contributed by atoms with Crippen molar-refractivity contribution < 1.29 is 4.39 Å². The van der Waals surface area contributed by atoms with Gasteiger partial charge in [0.05, 0.1) is 6.21 Å². The van der Waals surface area contributed by atoms with E-state index < -0.39 is 0 Å². The fraction of sp³-hybridized carbons (Fsp3) is 0. The first-order valence-electron chi connectivity index (χ1n) is 2.89. The summed E-state index contributed by atoms with van der Waals surface area (Å²) in [5.41, 5.74) is 0.846. The van der Waals surface area contributed by atoms with Gasteiger partial charge in [0.15, 0.2) is 11.9 Å². The van der Waals surface area contributed by atoms with E-state index in [1.54, 1.807) is 12.1 Å². The lowest BCUT2D eigenvalue weighted by atomic mass is 10.2. The van der Waals surface area contributed by atoms with Crippen molar-refractivity contribution in [3.63, 3.8) is 0 Å². The zero-order valence-electron chi connectivity index (χ0n) is 5.50. The maximum atomic E-state index is 5.69. The van der Waals surface area contributed by atoms with Crippen molar-refractivity contribution in [2.45, 2.75) is 0 Å². The van der Waals surface area contributed by atoms with Crippen molar-refractivity contribution >= 4 is 29.7 Å². The average Bonchev–Trinajstić information content (AvgIpc) is 2.01. The van der Waals surface area contributed by atoms with E-state index in [1.807, 2.05) is 12.1 Å². The van der Waals surface area contributed by atoms with Crippen LogP contribution in [0, 0.1) is 0 Å². The SMILES string of the molecule is ClON=Cc1cccc(Cl)c1. The van der Waals surface area contributed by atoms with Crippen LogP contribution in [0.25, 0.3) is 0 Å². The molecule has 0 aromatic heterocycles. The summed E-state index contributed by atoms with van der Waals surface area (Å²) in [5, 5.41) is 4.02. The molecule has 0 bridgehead atoms. The molecule has 0 heterocycles. The standard InChI is InChI=1S/C7H5Cl2NO/c8-7-3-1-2-6(4-7)5-10-11-9/h1-5H. The number of hydrogen-bond acceptors (Lipinski definition) is 2. The highest BCUT2D eigenvalue weighted by molar-refractivity contribution is 6.30. The van der Waals surface area contributed by atoms with Crippen LogP contribution in [0.5, 0.6) is 0 Å². The predicted molar refractivity (Wildman–Crippen MR) is 46.0 cm³/mol. The maximum Gasteiger partial charge on any atom is 0.167 e. The zero-order valence-corrected chi connectivity index (χ0v) is 7.01. The van der Waals surface area contributed by atoms with E-state index >= 15 is 0 Å². The third-order valence-corrected chi connectivity index (χ3v) is 1.41. The fourth-order valence-corrected chi connectivity index (χ4v) is 0.906. The highest BCUT2D eigenvalue weighted by Gasteiger charge is 1.88. The Hall–Kier alpha value is -0.730. The molecule has 0 aliphatic heterocycles. The van der Waals surface area contributed by atoms with Crippen molar-refractivity contribution in [2.75, 3.05) is 0 Å². The number of benzene rings is 1. The summed E-state index contributed by atoms with van der Waals surface area (Å²) in [5.74, 6) is 0. The lowest BCUT2D eigenvalue weighted by molar-refractivity contribution is 0.383. The Kier molecular flexibility index (Phi) is 3.20. The van der Waals surface area contributed by atoms with Crippen LogP contribution in [-0.4, -0.2) is 6.21 Å². The van der Waals surface area contributed by atoms with Gasteiger partial charge in [0.25, 0.3) is 0 Å². The summed E-state index contributed by atoms with van der Waals surface area (Å²) in [4.78, 5) is 0. The van der Waals surface area contributed by atoms with Crippen LogP contribution in [-0.2, 0) is 4.39 Å². The molecule has 58 valence electrons. The number of rotatable bonds is 2. The van der Waals surface area contributed by atoms with E-state index in [0.717, 1.165) is 5.56 Å². The molecular formula is C7H5Cl2NO. The van der Waals surface area contributed by atoms with Gasteiger partial charge >= 0.3 is 0 Å². The van der Waals surface area contributed by atoms with Gasteiger partial charge in [-0.3, -0.25) is 4.39 Å². The second-order valence-corrected chi connectivity index (χ2v) is 2.43. The molecule has 0 aliphatic rings. The minimum Gasteiger partial charge on any atom is -0.277 e. The highest BCUT2D eigenvalue weighted by Crippen LogP contribution is 2.08. The topological polar surface area (TPSA) is 21.6 Å². The first-order valence-corrected chi connectivity index (χ1v) is 3.58. The van der Waals surface area contributed by atoms with E-state index in [-0.39, 0.29) is 0 Å². The highest BCUT2D eigenvalue weighted by atomic mass is 35.5. The Morgan fingerprint density at radius 2 is 2.27 bits per heavy atom. The molecule has 11 heavy (non-hydrogen) atoms. The minimum atomic E-state index is 0.656. The molecule has 2 nitrogen and oxygen atoms in total. The fourth-order valence-electron chi connectivity index (χ4n) is 0.668. The summed E-state index contributed by atoms with van der Waals surface area (Å²) in [7, 11) is 0. The van der Waals surface area contributed by atoms with Gasteiger partial charge < -0.3 is 0 Å². The van der Waals surface area contributed by atoms with Crippen LogP contribution in [0.3, 0.4) is 0 Å². The summed E-state index contributed by atoms with van der Waals surface area (Å²) in [6.45, 7) is 0. The van der Waals surface area contributed by atoms with Crippen LogP contribution >= 0.6 is 23.5 Å². The molecule has 0 atom stereocenters. The Labute approximate surface area is 74.5 Å². The zero-order chi connectivity index (χ0) is 8.10. The molecule has 0 unspecified atom stereocenters. The quantitative estimate of drug-likeness (QED) is 0.518. The first kappa shape index (κ1) is 8.37. The lowest BCUT2D eigenvalue weighted by Gasteiger charge is -1.90. The van der Waals surface area contributed by atoms with E-state index in [2.05, 4.69) is 9.55 Å². The molecule has 4 heteroatoms. The number of nitrogens with zero attached hydrogens (tertiary/aromatic N) is 1. The third kappa shape index (κ3) is 2.78. The summed E-state index contributed by atoms with van der Waals surface area (Å²) in [6.07, 6.45) is 1.47. The Morgan fingerprint density at radius 3 is 2.91 bits per heavy atom. The van der Waals surface area contributed by atoms with Gasteiger partial charge in [-0.15, -0.1) is 0 Å². The molecule has 0 amide bonds. The van der Waals surface area contributed by atoms with E-state index in [9.17, 15) is 0 Å². The second kappa shape index (κ2) is 4.21. The monoisotopic (exact) mass is 189 g/mol. The average molecular weight is 190 g/mol. The van der Waals surface area contributed by atoms with Crippen LogP contribution < -0.4 is 0 Å². The summed E-state index contributed by atoms with van der Waals surface area (Å²) < 4.78 is 3.98. The Balaban J connectivity index is 2.79. The molecule has 0 fully saturated rings. The molecule has 0 aliphatic carbocycles. The minimum absolute atomic E-state index is 0.656. The van der Waals surface area contributed by atoms with E-state index in [1.165, 1.54) is 6.21 Å². The van der Waals surface area contributed by atoms with Crippen molar-refractivity contribution in [3.8, 4) is 0 Å². The molecule has 0 spiro atoms. The van der Waals surface area contributed by atoms with Crippen LogP contribution in [0.2, 0.25) is 5.02 Å². The third-order valence-electron chi connectivity index (χ3n) is 1.09. The van der Waals surface area contributed by atoms with Gasteiger partial charge in [0, 0.05) is 5.02 Å². The lowest BCUT2D eigenvalue weighted by Crippen LogP contribution is -1.78. The molecular weight excluding hydrogens is 185 g/mol. The summed E-state index contributed by atoms with van der Waals surface area (Å²) in [6, 6.07) is 7.19. The molecule has 0 N–H and O–H groups in total. The smallest absolute Gasteiger partial charge is 0.167 e. The van der Waals surface area contributed by atoms with Crippen LogP contribution in [0.4, 0.5) is 0 Å². The van der Waals surface area contributed by atoms with Gasteiger partial charge in [-0.25, -0.2) is 0 Å². The molecule has 1 aromatic rings. The van der Waals surface area contributed by atoms with Crippen LogP contribution in [0.1, 0.15) is 5.56 Å². The molecule has 0 radical (unpaired) electrons. The van der Waals surface area contributed by atoms with Crippen molar-refractivity contribution in [3.05, 3.63) is 34.9 Å². The van der Waals surface area contributed by atoms with Gasteiger partial charge in [-0.1, -0.05) is 28.9 Å². The Morgan fingerprint density at radius 1 is 1.45 bits per heavy atom. The van der Waals surface area contributed by atoms with Gasteiger partial charge in [-0.2, -0.15) is 0 Å². The summed E-state index contributed by atoms with van der Waals surface area (Å²) >= 11 is 10.5. The maximum absolute atomic E-state index is 5.69. The largest absolute Gasteiger partial charge is 0.277 e. The molecule has 1 aromatic carbocycles. The van der Waals surface area contributed by atoms with Crippen molar-refractivity contribution in [2.24, 2.45) is 5.16 Å². The number of oxime groups is 1. The molecule has 0 saturated heterocycles. The van der Waals surface area contributed by atoms with Gasteiger partial charge in [-0.05, 0) is 17.7 Å². The number of hydrogen-bond donors (Lipinski definition) is 0. The predicted octanol–water partition coefficient (Wildman–Crippen LogP) is 2.84. The van der Waals surface area contributed by atoms with Crippen molar-refractivity contribution in [1.29, 1.82) is 0 Å². The van der Waals surface area contributed by atoms with Gasteiger partial charge in [0.2, 0.25) is 0 Å². The van der Waals surface area contributed by atoms with Crippen molar-refractivity contribution in [1.82, 2.24) is 0 Å². The Bertz CT molecular complexity index is 262. The van der Waals surface area contributed by atoms with E-state index in [4.69, 9.17) is 23.5 Å². The first-order chi connectivity index (χ1) is 5.33. The molecule has 0 saturated carbocycles. The molecule has 1 rings (SSSR count). The second-order valence-electron chi connectivity index (χ2n) is 1.86. The van der Waals surface area contributed by atoms with Crippen LogP contribution in [0.15, 0.2) is 29.4 Å². The van der Waals surface area contributed by atoms with Gasteiger partial charge in [0.1, 0.15) is 0 Å². The normalized spacial score (nSPS) is 10.4. The van der Waals surface area contributed by atoms with E-state index in [0.29, 0.717) is 5.02 Å². The number of halogens is 2.